The Hall–Kier alpha value is -3.67. The first-order chi connectivity index (χ1) is 14.1. The zero-order chi connectivity index (χ0) is 20.2. The minimum Gasteiger partial charge on any atom is -0.548 e. The van der Waals surface area contributed by atoms with Gasteiger partial charge in [-0.05, 0) is 34.4 Å². The van der Waals surface area contributed by atoms with Crippen molar-refractivity contribution in [3.05, 3.63) is 89.7 Å². The molecule has 0 unspecified atom stereocenters. The predicted molar refractivity (Wildman–Crippen MR) is 105 cm³/mol. The number of aliphatic carboxylic acids is 1. The first-order valence-corrected chi connectivity index (χ1v) is 9.36. The molecule has 1 heterocycles. The summed E-state index contributed by atoms with van der Waals surface area (Å²) < 4.78 is 5.40. The molecule has 1 N–H and O–H groups in total. The molecule has 3 aromatic rings. The molecule has 6 nitrogen and oxygen atoms in total. The molecule has 0 fully saturated rings. The summed E-state index contributed by atoms with van der Waals surface area (Å²) in [5.41, 5.74) is 4.97. The Bertz CT molecular complexity index is 990. The van der Waals surface area contributed by atoms with Crippen molar-refractivity contribution in [2.75, 3.05) is 6.61 Å². The number of nitrogens with zero attached hydrogens (tertiary/aromatic N) is 1. The highest BCUT2D eigenvalue weighted by atomic mass is 16.5. The highest BCUT2D eigenvalue weighted by molar-refractivity contribution is 5.80. The molecule has 1 aliphatic rings. The summed E-state index contributed by atoms with van der Waals surface area (Å²) in [6.45, 7) is 0.114. The fraction of sp³-hybridized carbons (Fsp3) is 0.174. The van der Waals surface area contributed by atoms with Crippen molar-refractivity contribution in [1.29, 1.82) is 0 Å². The van der Waals surface area contributed by atoms with Crippen molar-refractivity contribution in [1.82, 2.24) is 10.3 Å². The smallest absolute Gasteiger partial charge is 0.407 e. The number of carbonyl (C=O) groups excluding carboxylic acids is 2. The van der Waals surface area contributed by atoms with E-state index in [2.05, 4.69) is 10.3 Å². The maximum absolute atomic E-state index is 12.3. The van der Waals surface area contributed by atoms with Crippen LogP contribution in [0.25, 0.3) is 11.1 Å². The van der Waals surface area contributed by atoms with Crippen LogP contribution in [0.5, 0.6) is 0 Å². The second-order valence-electron chi connectivity index (χ2n) is 6.87. The van der Waals surface area contributed by atoms with Gasteiger partial charge in [-0.3, -0.25) is 4.98 Å². The molecule has 6 heteroatoms. The zero-order valence-corrected chi connectivity index (χ0v) is 15.6. The number of carbonyl (C=O) groups is 2. The molecule has 1 amide bonds. The van der Waals surface area contributed by atoms with E-state index >= 15 is 0 Å². The van der Waals surface area contributed by atoms with Crippen LogP contribution in [0.2, 0.25) is 0 Å². The highest BCUT2D eigenvalue weighted by Crippen LogP contribution is 2.44. The van der Waals surface area contributed by atoms with Crippen molar-refractivity contribution in [2.24, 2.45) is 0 Å². The number of benzene rings is 2. The maximum atomic E-state index is 12.3. The number of rotatable bonds is 6. The number of hydrogen-bond donors (Lipinski definition) is 1. The molecule has 0 aliphatic heterocycles. The molecule has 0 saturated heterocycles. The van der Waals surface area contributed by atoms with Crippen LogP contribution in [0.1, 0.15) is 22.7 Å². The number of carboxylic acid groups (broad SMARTS) is 1. The van der Waals surface area contributed by atoms with Gasteiger partial charge in [0, 0.05) is 24.2 Å². The van der Waals surface area contributed by atoms with Gasteiger partial charge in [0.2, 0.25) is 0 Å². The van der Waals surface area contributed by atoms with Gasteiger partial charge in [-0.25, -0.2) is 4.79 Å². The van der Waals surface area contributed by atoms with Crippen LogP contribution in [0, 0.1) is 0 Å². The number of pyridine rings is 1. The van der Waals surface area contributed by atoms with Crippen molar-refractivity contribution >= 4 is 12.1 Å². The van der Waals surface area contributed by atoms with E-state index in [4.69, 9.17) is 4.74 Å². The third-order valence-corrected chi connectivity index (χ3v) is 5.06. The molecule has 4 rings (SSSR count). The van der Waals surface area contributed by atoms with Gasteiger partial charge in [0.05, 0.1) is 12.0 Å². The van der Waals surface area contributed by atoms with Gasteiger partial charge in [0.25, 0.3) is 0 Å². The van der Waals surface area contributed by atoms with Crippen LogP contribution in [0.15, 0.2) is 72.9 Å². The van der Waals surface area contributed by atoms with Gasteiger partial charge >= 0.3 is 6.09 Å². The van der Waals surface area contributed by atoms with E-state index in [1.54, 1.807) is 24.4 Å². The Morgan fingerprint density at radius 3 is 2.17 bits per heavy atom. The molecule has 1 aromatic heterocycles. The summed E-state index contributed by atoms with van der Waals surface area (Å²) in [4.78, 5) is 27.8. The highest BCUT2D eigenvalue weighted by Gasteiger charge is 2.29. The van der Waals surface area contributed by atoms with E-state index in [1.165, 1.54) is 0 Å². The Kier molecular flexibility index (Phi) is 5.24. The van der Waals surface area contributed by atoms with Gasteiger partial charge in [0.1, 0.15) is 6.61 Å². The predicted octanol–water partition coefficient (Wildman–Crippen LogP) is 2.28. The third-order valence-electron chi connectivity index (χ3n) is 5.06. The third kappa shape index (κ3) is 3.96. The largest absolute Gasteiger partial charge is 0.548 e. The Morgan fingerprint density at radius 1 is 0.966 bits per heavy atom. The fourth-order valence-corrected chi connectivity index (χ4v) is 3.70. The standard InChI is InChI=1S/C23H20N2O4/c26-22(27)21(13-15-7-5-6-12-24-15)25-23(28)29-14-20-18-10-3-1-8-16(18)17-9-2-4-11-19(17)20/h1-12,20-21H,13-14H2,(H,25,28)(H,26,27)/p-1/t21-/m0/s1. The lowest BCUT2D eigenvalue weighted by molar-refractivity contribution is -0.308. The molecule has 146 valence electrons. The first kappa shape index (κ1) is 18.7. The monoisotopic (exact) mass is 387 g/mol. The second-order valence-corrected chi connectivity index (χ2v) is 6.87. The molecule has 2 aromatic carbocycles. The summed E-state index contributed by atoms with van der Waals surface area (Å²) in [5, 5.41) is 13.8. The quantitative estimate of drug-likeness (QED) is 0.701. The fourth-order valence-electron chi connectivity index (χ4n) is 3.70. The Balaban J connectivity index is 1.43. The van der Waals surface area contributed by atoms with E-state index in [0.29, 0.717) is 5.69 Å². The lowest BCUT2D eigenvalue weighted by Gasteiger charge is -2.20. The number of alkyl carbamates (subject to hydrolysis) is 1. The number of hydrogen-bond acceptors (Lipinski definition) is 5. The van der Waals surface area contributed by atoms with Gasteiger partial charge in [-0.2, -0.15) is 0 Å². The van der Waals surface area contributed by atoms with Crippen LogP contribution >= 0.6 is 0 Å². The van der Waals surface area contributed by atoms with Gasteiger partial charge in [-0.15, -0.1) is 0 Å². The van der Waals surface area contributed by atoms with Crippen molar-refractivity contribution in [3.63, 3.8) is 0 Å². The average Bonchev–Trinajstić information content (AvgIpc) is 3.06. The topological polar surface area (TPSA) is 91.4 Å². The van der Waals surface area contributed by atoms with Crippen LogP contribution in [-0.4, -0.2) is 29.7 Å². The van der Waals surface area contributed by atoms with Gasteiger partial charge in [0.15, 0.2) is 0 Å². The summed E-state index contributed by atoms with van der Waals surface area (Å²) in [5.74, 6) is -1.48. The minimum absolute atomic E-state index is 0.0212. The summed E-state index contributed by atoms with van der Waals surface area (Å²) in [7, 11) is 0. The number of ether oxygens (including phenoxy) is 1. The molecular weight excluding hydrogens is 368 g/mol. The van der Waals surface area contributed by atoms with E-state index in [0.717, 1.165) is 22.3 Å². The lowest BCUT2D eigenvalue weighted by Crippen LogP contribution is -2.49. The minimum atomic E-state index is -1.39. The first-order valence-electron chi connectivity index (χ1n) is 9.36. The second kappa shape index (κ2) is 8.14. The van der Waals surface area contributed by atoms with Crippen LogP contribution < -0.4 is 10.4 Å². The van der Waals surface area contributed by atoms with Crippen molar-refractivity contribution < 1.29 is 19.4 Å². The van der Waals surface area contributed by atoms with E-state index in [1.807, 2.05) is 48.5 Å². The molecule has 29 heavy (non-hydrogen) atoms. The number of nitrogens with one attached hydrogen (secondary N) is 1. The van der Waals surface area contributed by atoms with Gasteiger partial charge in [-0.1, -0.05) is 54.6 Å². The average molecular weight is 387 g/mol. The normalized spacial score (nSPS) is 13.2. The molecule has 0 bridgehead atoms. The molecule has 0 saturated carbocycles. The SMILES string of the molecule is O=C(N[C@@H](Cc1ccccn1)C(=O)[O-])OCC1c2ccccc2-c2ccccc21. The number of carboxylic acids is 1. The van der Waals surface area contributed by atoms with E-state index in [-0.39, 0.29) is 18.9 Å². The molecule has 0 spiro atoms. The van der Waals surface area contributed by atoms with Crippen LogP contribution in [0.4, 0.5) is 4.79 Å². The van der Waals surface area contributed by atoms with Crippen molar-refractivity contribution in [2.45, 2.75) is 18.4 Å². The van der Waals surface area contributed by atoms with E-state index < -0.39 is 18.1 Å². The number of amides is 1. The molecule has 0 radical (unpaired) electrons. The van der Waals surface area contributed by atoms with E-state index in [9.17, 15) is 14.7 Å². The number of fused-ring (bicyclic) bond motifs is 3. The van der Waals surface area contributed by atoms with Gasteiger partial charge < -0.3 is 20.0 Å². The molecule has 1 aliphatic carbocycles. The summed E-state index contributed by atoms with van der Waals surface area (Å²) in [6.07, 6.45) is 0.791. The summed E-state index contributed by atoms with van der Waals surface area (Å²) in [6, 6.07) is 20.0. The van der Waals surface area contributed by atoms with Crippen LogP contribution in [-0.2, 0) is 16.0 Å². The lowest BCUT2D eigenvalue weighted by atomic mass is 9.98. The Labute approximate surface area is 168 Å². The molecular formula is C23H19N2O4-. The van der Waals surface area contributed by atoms with Crippen LogP contribution in [0.3, 0.4) is 0 Å². The Morgan fingerprint density at radius 2 is 1.59 bits per heavy atom. The molecule has 1 atom stereocenters. The summed E-state index contributed by atoms with van der Waals surface area (Å²) >= 11 is 0. The zero-order valence-electron chi connectivity index (χ0n) is 15.6. The maximum Gasteiger partial charge on any atom is 0.407 e. The number of aromatic nitrogens is 1. The van der Waals surface area contributed by atoms with Crippen molar-refractivity contribution in [3.8, 4) is 11.1 Å².